The molecule has 3 rings (SSSR count). The average Bonchev–Trinajstić information content (AvgIpc) is 2.39. The predicted octanol–water partition coefficient (Wildman–Crippen LogP) is 2.04. The van der Waals surface area contributed by atoms with Crippen LogP contribution in [0.5, 0.6) is 0 Å². The maximum atomic E-state index is 12.9. The van der Waals surface area contributed by atoms with E-state index in [0.717, 1.165) is 19.3 Å². The standard InChI is InChI=1S/C17H26O4/c1-11-5-6-12-14(2,9-11)7-8-17(20)10-21-16(4,19)13(18)15(12,17)3/h7-8,11-12,19-20H,5-6,9-10H2,1-4H3/t11-,12-,14-,15-,16-,17-/m0/s1. The monoisotopic (exact) mass is 294 g/mol. The van der Waals surface area contributed by atoms with Crippen molar-refractivity contribution in [2.75, 3.05) is 6.61 Å². The molecule has 2 fully saturated rings. The number of aliphatic hydroxyl groups is 2. The van der Waals surface area contributed by atoms with Gasteiger partial charge in [-0.05, 0) is 43.9 Å². The molecule has 0 aromatic rings. The van der Waals surface area contributed by atoms with Gasteiger partial charge in [-0.2, -0.15) is 0 Å². The zero-order valence-corrected chi connectivity index (χ0v) is 13.3. The predicted molar refractivity (Wildman–Crippen MR) is 78.4 cm³/mol. The van der Waals surface area contributed by atoms with Crippen LogP contribution in [0.15, 0.2) is 12.2 Å². The highest BCUT2D eigenvalue weighted by Crippen LogP contribution is 2.61. The molecule has 2 N–H and O–H groups in total. The zero-order valence-electron chi connectivity index (χ0n) is 13.3. The summed E-state index contributed by atoms with van der Waals surface area (Å²) in [4.78, 5) is 12.9. The highest BCUT2D eigenvalue weighted by molar-refractivity contribution is 5.93. The molecule has 4 nitrogen and oxygen atoms in total. The maximum Gasteiger partial charge on any atom is 0.224 e. The van der Waals surface area contributed by atoms with Crippen LogP contribution in [0, 0.1) is 22.7 Å². The minimum Gasteiger partial charge on any atom is -0.382 e. The van der Waals surface area contributed by atoms with Gasteiger partial charge < -0.3 is 14.9 Å². The van der Waals surface area contributed by atoms with Gasteiger partial charge in [-0.1, -0.05) is 32.4 Å². The van der Waals surface area contributed by atoms with Crippen molar-refractivity contribution in [1.82, 2.24) is 0 Å². The van der Waals surface area contributed by atoms with Crippen LogP contribution in [-0.2, 0) is 9.53 Å². The van der Waals surface area contributed by atoms with E-state index in [9.17, 15) is 15.0 Å². The third-order valence-electron chi connectivity index (χ3n) is 6.33. The fraction of sp³-hybridized carbons (Fsp3) is 0.824. The minimum atomic E-state index is -1.81. The number of hydrogen-bond donors (Lipinski definition) is 2. The molecule has 1 heterocycles. The smallest absolute Gasteiger partial charge is 0.224 e. The largest absolute Gasteiger partial charge is 0.382 e. The van der Waals surface area contributed by atoms with Gasteiger partial charge in [0.1, 0.15) is 5.60 Å². The Balaban J connectivity index is 2.14. The Morgan fingerprint density at radius 1 is 1.19 bits per heavy atom. The number of ketones is 1. The molecular formula is C17H26O4. The molecule has 21 heavy (non-hydrogen) atoms. The molecule has 0 bridgehead atoms. The van der Waals surface area contributed by atoms with E-state index >= 15 is 0 Å². The summed E-state index contributed by atoms with van der Waals surface area (Å²) in [7, 11) is 0. The Hall–Kier alpha value is -0.710. The molecule has 0 aromatic carbocycles. The molecule has 0 unspecified atom stereocenters. The van der Waals surface area contributed by atoms with Crippen LogP contribution in [0.3, 0.4) is 0 Å². The van der Waals surface area contributed by atoms with Gasteiger partial charge in [-0.25, -0.2) is 0 Å². The van der Waals surface area contributed by atoms with E-state index in [2.05, 4.69) is 19.9 Å². The lowest BCUT2D eigenvalue weighted by molar-refractivity contribution is -0.274. The molecule has 0 amide bonds. The highest BCUT2D eigenvalue weighted by Gasteiger charge is 2.68. The third kappa shape index (κ3) is 1.82. The van der Waals surface area contributed by atoms with E-state index in [1.54, 1.807) is 6.08 Å². The number of allylic oxidation sites excluding steroid dienone is 1. The van der Waals surface area contributed by atoms with Gasteiger partial charge >= 0.3 is 0 Å². The minimum absolute atomic E-state index is 0.0269. The van der Waals surface area contributed by atoms with E-state index in [-0.39, 0.29) is 23.7 Å². The SMILES string of the molecule is C[C@H]1CC[C@H]2[C@@](C)(C=C[C@]3(O)CO[C@](C)(O)C(=O)[C@]23C)C1. The van der Waals surface area contributed by atoms with Crippen LogP contribution >= 0.6 is 0 Å². The van der Waals surface area contributed by atoms with Crippen molar-refractivity contribution < 1.29 is 19.7 Å². The summed E-state index contributed by atoms with van der Waals surface area (Å²) in [6.45, 7) is 7.57. The molecule has 2 aliphatic carbocycles. The van der Waals surface area contributed by atoms with Gasteiger partial charge in [0.25, 0.3) is 0 Å². The second kappa shape index (κ2) is 4.18. The third-order valence-corrected chi connectivity index (χ3v) is 6.33. The fourth-order valence-electron chi connectivity index (χ4n) is 5.06. The Bertz CT molecular complexity index is 511. The van der Waals surface area contributed by atoms with E-state index in [4.69, 9.17) is 4.74 Å². The van der Waals surface area contributed by atoms with Crippen molar-refractivity contribution >= 4 is 5.78 Å². The first-order valence-electron chi connectivity index (χ1n) is 7.89. The molecule has 1 aliphatic heterocycles. The summed E-state index contributed by atoms with van der Waals surface area (Å²) in [6.07, 6.45) is 6.77. The van der Waals surface area contributed by atoms with Crippen molar-refractivity contribution in [2.24, 2.45) is 22.7 Å². The normalized spacial score (nSPS) is 56.8. The van der Waals surface area contributed by atoms with Crippen molar-refractivity contribution in [3.63, 3.8) is 0 Å². The summed E-state index contributed by atoms with van der Waals surface area (Å²) in [5.41, 5.74) is -2.43. The van der Waals surface area contributed by atoms with Crippen LogP contribution in [0.4, 0.5) is 0 Å². The topological polar surface area (TPSA) is 66.8 Å². The number of Topliss-reactive ketones (excluding diaryl/α,β-unsaturated/α-hetero) is 1. The molecule has 3 aliphatic rings. The van der Waals surface area contributed by atoms with Gasteiger partial charge in [0.2, 0.25) is 11.6 Å². The van der Waals surface area contributed by atoms with E-state index < -0.39 is 16.8 Å². The lowest BCUT2D eigenvalue weighted by Gasteiger charge is -2.61. The van der Waals surface area contributed by atoms with Gasteiger partial charge in [-0.15, -0.1) is 0 Å². The molecule has 118 valence electrons. The summed E-state index contributed by atoms with van der Waals surface area (Å²) in [5.74, 6) is -1.56. The van der Waals surface area contributed by atoms with E-state index in [0.29, 0.717) is 5.92 Å². The number of ether oxygens (including phenoxy) is 1. The van der Waals surface area contributed by atoms with Gasteiger partial charge in [0, 0.05) is 0 Å². The quantitative estimate of drug-likeness (QED) is 0.671. The first kappa shape index (κ1) is 15.2. The summed E-state index contributed by atoms with van der Waals surface area (Å²) >= 11 is 0. The van der Waals surface area contributed by atoms with E-state index in [1.807, 2.05) is 6.92 Å². The summed E-state index contributed by atoms with van der Waals surface area (Å²) < 4.78 is 5.25. The molecule has 1 saturated carbocycles. The van der Waals surface area contributed by atoms with Crippen LogP contribution < -0.4 is 0 Å². The van der Waals surface area contributed by atoms with Crippen LogP contribution in [0.25, 0.3) is 0 Å². The Morgan fingerprint density at radius 2 is 1.86 bits per heavy atom. The Kier molecular flexibility index (Phi) is 3.02. The van der Waals surface area contributed by atoms with Crippen LogP contribution in [0.1, 0.15) is 47.0 Å². The Morgan fingerprint density at radius 3 is 2.52 bits per heavy atom. The van der Waals surface area contributed by atoms with Gasteiger partial charge in [-0.3, -0.25) is 4.79 Å². The lowest BCUT2D eigenvalue weighted by atomic mass is 9.46. The number of hydrogen-bond acceptors (Lipinski definition) is 4. The Labute approximate surface area is 126 Å². The molecule has 0 radical (unpaired) electrons. The summed E-state index contributed by atoms with van der Waals surface area (Å²) in [6, 6.07) is 0. The molecule has 0 aromatic heterocycles. The van der Waals surface area contributed by atoms with Crippen molar-refractivity contribution in [2.45, 2.75) is 58.3 Å². The highest BCUT2D eigenvalue weighted by atomic mass is 16.6. The van der Waals surface area contributed by atoms with Crippen LogP contribution in [-0.4, -0.2) is 34.0 Å². The molecule has 0 spiro atoms. The number of carbonyl (C=O) groups is 1. The van der Waals surface area contributed by atoms with Gasteiger partial charge in [0.05, 0.1) is 12.0 Å². The average molecular weight is 294 g/mol. The number of fused-ring (bicyclic) bond motifs is 3. The molecule has 1 saturated heterocycles. The van der Waals surface area contributed by atoms with Crippen molar-refractivity contribution in [3.8, 4) is 0 Å². The fourth-order valence-corrected chi connectivity index (χ4v) is 5.06. The number of rotatable bonds is 0. The molecular weight excluding hydrogens is 268 g/mol. The maximum absolute atomic E-state index is 12.9. The second-order valence-electron chi connectivity index (χ2n) is 8.01. The number of carbonyl (C=O) groups excluding carboxylic acids is 1. The molecule has 6 atom stereocenters. The van der Waals surface area contributed by atoms with Crippen molar-refractivity contribution in [1.29, 1.82) is 0 Å². The van der Waals surface area contributed by atoms with Crippen molar-refractivity contribution in [3.05, 3.63) is 12.2 Å². The second-order valence-corrected chi connectivity index (χ2v) is 8.01. The lowest BCUT2D eigenvalue weighted by Crippen LogP contribution is -2.71. The zero-order chi connectivity index (χ0) is 15.7. The first-order chi connectivity index (χ1) is 9.55. The summed E-state index contributed by atoms with van der Waals surface area (Å²) in [5, 5.41) is 21.3. The van der Waals surface area contributed by atoms with Crippen LogP contribution in [0.2, 0.25) is 0 Å². The first-order valence-corrected chi connectivity index (χ1v) is 7.89. The van der Waals surface area contributed by atoms with Gasteiger partial charge in [0.15, 0.2) is 0 Å². The van der Waals surface area contributed by atoms with E-state index in [1.165, 1.54) is 6.92 Å². The molecule has 4 heteroatoms.